The van der Waals surface area contributed by atoms with Crippen LogP contribution in [0.5, 0.6) is 0 Å². The number of amides is 1. The molecule has 0 saturated heterocycles. The Kier molecular flexibility index (Phi) is 11.5. The molecule has 0 heterocycles. The number of likely N-dealkylation sites (N-methyl/N-ethyl adjacent to an activating group) is 1. The Bertz CT molecular complexity index is 293. The van der Waals surface area contributed by atoms with Gasteiger partial charge in [-0.15, -0.1) is 0 Å². The summed E-state index contributed by atoms with van der Waals surface area (Å²) in [5.41, 5.74) is 0.402. The van der Waals surface area contributed by atoms with Crippen LogP contribution in [0.4, 0.5) is 0 Å². The Morgan fingerprint density at radius 1 is 1.29 bits per heavy atom. The molecule has 4 heteroatoms. The molecule has 0 aliphatic heterocycles. The Morgan fingerprint density at radius 2 is 1.82 bits per heavy atom. The van der Waals surface area contributed by atoms with Gasteiger partial charge in [0.05, 0.1) is 19.8 Å². The molecule has 0 aliphatic carbocycles. The summed E-state index contributed by atoms with van der Waals surface area (Å²) in [7, 11) is 4.46. The molecule has 0 aromatic heterocycles. The Morgan fingerprint density at radius 3 is 2.12 bits per heavy atom. The summed E-state index contributed by atoms with van der Waals surface area (Å²) in [6, 6.07) is 0. The molecule has 4 nitrogen and oxygen atoms in total. The molecule has 0 rings (SSSR count). The summed E-state index contributed by atoms with van der Waals surface area (Å²) >= 11 is 0. The molecule has 1 amide bonds. The van der Waals surface area contributed by atoms with Crippen LogP contribution in [0, 0.1) is 0 Å². The molecule has 17 heavy (non-hydrogen) atoms. The third-order valence-corrected chi connectivity index (χ3v) is 1.82. The lowest BCUT2D eigenvalue weighted by Gasteiger charge is -2.16. The fourth-order valence-corrected chi connectivity index (χ4v) is 1.01. The zero-order valence-corrected chi connectivity index (χ0v) is 11.6. The number of hydrogen-bond acceptors (Lipinski definition) is 3. The summed E-state index contributed by atoms with van der Waals surface area (Å²) < 4.78 is 5.07. The van der Waals surface area contributed by atoms with Crippen molar-refractivity contribution in [3.05, 3.63) is 36.1 Å². The van der Waals surface area contributed by atoms with Crippen LogP contribution in [0.3, 0.4) is 0 Å². The van der Waals surface area contributed by atoms with E-state index < -0.39 is 0 Å². The van der Waals surface area contributed by atoms with Crippen molar-refractivity contribution in [1.82, 2.24) is 5.06 Å². The molecule has 0 unspecified atom stereocenters. The topological polar surface area (TPSA) is 38.8 Å². The van der Waals surface area contributed by atoms with Crippen molar-refractivity contribution in [2.24, 2.45) is 0 Å². The van der Waals surface area contributed by atoms with E-state index in [0.717, 1.165) is 5.06 Å². The van der Waals surface area contributed by atoms with Gasteiger partial charge in [0.15, 0.2) is 0 Å². The third kappa shape index (κ3) is 5.92. The summed E-state index contributed by atoms with van der Waals surface area (Å²) in [6.07, 6.45) is 4.81. The smallest absolute Gasteiger partial charge is 0.280 e. The zero-order valence-electron chi connectivity index (χ0n) is 11.6. The number of carbonyl (C=O) groups is 1. The highest BCUT2D eigenvalue weighted by atomic mass is 16.7. The van der Waals surface area contributed by atoms with E-state index in [1.54, 1.807) is 19.1 Å². The predicted octanol–water partition coefficient (Wildman–Crippen LogP) is 2.70. The van der Waals surface area contributed by atoms with Crippen LogP contribution in [-0.4, -0.2) is 32.2 Å². The van der Waals surface area contributed by atoms with Crippen LogP contribution in [0.15, 0.2) is 36.1 Å². The maximum absolute atomic E-state index is 11.8. The van der Waals surface area contributed by atoms with Gasteiger partial charge in [0.1, 0.15) is 5.76 Å². The molecule has 0 N–H and O–H groups in total. The Balaban J connectivity index is 0. The van der Waals surface area contributed by atoms with Crippen LogP contribution >= 0.6 is 0 Å². The average Bonchev–Trinajstić information content (AvgIpc) is 2.39. The van der Waals surface area contributed by atoms with E-state index in [4.69, 9.17) is 9.57 Å². The first kappa shape index (κ1) is 17.8. The van der Waals surface area contributed by atoms with Gasteiger partial charge in [-0.1, -0.05) is 26.5 Å². The monoisotopic (exact) mass is 241 g/mol. The molecule has 0 aromatic rings. The van der Waals surface area contributed by atoms with Gasteiger partial charge in [-0.2, -0.15) is 0 Å². The van der Waals surface area contributed by atoms with E-state index in [-0.39, 0.29) is 5.91 Å². The van der Waals surface area contributed by atoms with Crippen molar-refractivity contribution >= 4 is 5.91 Å². The standard InChI is InChI=1S/C11H17NO3.C2H6/c1-6-8-9(10(7-2)14-4)11(13)12(3)15-5;1-2/h6-8H,1H2,2-5H3;1-2H3/b9-8+,10-7+;. The van der Waals surface area contributed by atoms with Crippen molar-refractivity contribution in [2.75, 3.05) is 21.3 Å². The second kappa shape index (κ2) is 11.0. The number of rotatable bonds is 5. The second-order valence-corrected chi connectivity index (χ2v) is 2.66. The third-order valence-electron chi connectivity index (χ3n) is 1.82. The summed E-state index contributed by atoms with van der Waals surface area (Å²) in [5.74, 6) is 0.205. The first-order valence-electron chi connectivity index (χ1n) is 5.47. The molecular formula is C13H23NO3. The van der Waals surface area contributed by atoms with Crippen LogP contribution < -0.4 is 0 Å². The number of ether oxygens (including phenoxy) is 1. The highest BCUT2D eigenvalue weighted by Crippen LogP contribution is 2.13. The summed E-state index contributed by atoms with van der Waals surface area (Å²) in [4.78, 5) is 16.6. The number of hydrogen-bond donors (Lipinski definition) is 0. The largest absolute Gasteiger partial charge is 0.496 e. The van der Waals surface area contributed by atoms with E-state index in [9.17, 15) is 4.79 Å². The van der Waals surface area contributed by atoms with Crippen molar-refractivity contribution in [1.29, 1.82) is 0 Å². The van der Waals surface area contributed by atoms with Gasteiger partial charge in [0, 0.05) is 7.05 Å². The maximum Gasteiger partial charge on any atom is 0.280 e. The first-order valence-corrected chi connectivity index (χ1v) is 5.47. The number of methoxy groups -OCH3 is 1. The number of hydroxylamine groups is 2. The molecule has 0 fully saturated rings. The highest BCUT2D eigenvalue weighted by Gasteiger charge is 2.18. The van der Waals surface area contributed by atoms with Crippen molar-refractivity contribution < 1.29 is 14.4 Å². The SMILES string of the molecule is C=C/C=C(C(=O)N(C)OC)\C(=C/C)OC.CC. The van der Waals surface area contributed by atoms with Crippen LogP contribution in [-0.2, 0) is 14.4 Å². The fraction of sp³-hybridized carbons (Fsp3) is 0.462. The fourth-order valence-electron chi connectivity index (χ4n) is 1.01. The lowest BCUT2D eigenvalue weighted by atomic mass is 10.1. The Labute approximate surface area is 104 Å². The van der Waals surface area contributed by atoms with Gasteiger partial charge >= 0.3 is 0 Å². The van der Waals surface area contributed by atoms with Crippen LogP contribution in [0.2, 0.25) is 0 Å². The molecule has 0 bridgehead atoms. The van der Waals surface area contributed by atoms with E-state index in [2.05, 4.69) is 6.58 Å². The summed E-state index contributed by atoms with van der Waals surface area (Å²) in [5, 5.41) is 1.12. The molecule has 0 aliphatic rings. The number of nitrogens with zero attached hydrogens (tertiary/aromatic N) is 1. The zero-order chi connectivity index (χ0) is 13.8. The van der Waals surface area contributed by atoms with Gasteiger partial charge in [-0.3, -0.25) is 9.63 Å². The van der Waals surface area contributed by atoms with Gasteiger partial charge in [-0.05, 0) is 19.1 Å². The van der Waals surface area contributed by atoms with Gasteiger partial charge < -0.3 is 4.74 Å². The van der Waals surface area contributed by atoms with Crippen molar-refractivity contribution in [3.8, 4) is 0 Å². The van der Waals surface area contributed by atoms with E-state index in [0.29, 0.717) is 11.3 Å². The summed E-state index contributed by atoms with van der Waals surface area (Å²) in [6.45, 7) is 9.34. The highest BCUT2D eigenvalue weighted by molar-refractivity contribution is 5.96. The van der Waals surface area contributed by atoms with Gasteiger partial charge in [0.2, 0.25) is 0 Å². The lowest BCUT2D eigenvalue weighted by Crippen LogP contribution is -2.27. The van der Waals surface area contributed by atoms with Crippen LogP contribution in [0.1, 0.15) is 20.8 Å². The molecule has 98 valence electrons. The normalized spacial score (nSPS) is 11.2. The minimum atomic E-state index is -0.285. The molecular weight excluding hydrogens is 218 g/mol. The first-order chi connectivity index (χ1) is 8.12. The van der Waals surface area contributed by atoms with Gasteiger partial charge in [-0.25, -0.2) is 5.06 Å². The molecule has 0 aromatic carbocycles. The Hall–Kier alpha value is -1.55. The molecule has 0 spiro atoms. The van der Waals surface area contributed by atoms with Crippen molar-refractivity contribution in [2.45, 2.75) is 20.8 Å². The second-order valence-electron chi connectivity index (χ2n) is 2.66. The van der Waals surface area contributed by atoms with E-state index >= 15 is 0 Å². The van der Waals surface area contributed by atoms with Crippen LogP contribution in [0.25, 0.3) is 0 Å². The molecule has 0 saturated carbocycles. The lowest BCUT2D eigenvalue weighted by molar-refractivity contribution is -0.163. The average molecular weight is 241 g/mol. The maximum atomic E-state index is 11.8. The van der Waals surface area contributed by atoms with E-state index in [1.807, 2.05) is 13.8 Å². The van der Waals surface area contributed by atoms with E-state index in [1.165, 1.54) is 27.3 Å². The number of carbonyl (C=O) groups excluding carboxylic acids is 1. The number of allylic oxidation sites excluding steroid dienone is 3. The predicted molar refractivity (Wildman–Crippen MR) is 70.2 cm³/mol. The molecule has 0 atom stereocenters. The minimum absolute atomic E-state index is 0.285. The minimum Gasteiger partial charge on any atom is -0.496 e. The van der Waals surface area contributed by atoms with Gasteiger partial charge in [0.25, 0.3) is 5.91 Å². The van der Waals surface area contributed by atoms with Crippen molar-refractivity contribution in [3.63, 3.8) is 0 Å². The molecule has 0 radical (unpaired) electrons. The quantitative estimate of drug-likeness (QED) is 0.321.